The number of nitrogens with two attached hydrogens (primary N) is 1. The largest absolute Gasteiger partial charge is 0.324 e. The van der Waals surface area contributed by atoms with Crippen LogP contribution in [0.1, 0.15) is 18.4 Å². The first-order valence-electron chi connectivity index (χ1n) is 5.23. The third-order valence-corrected chi connectivity index (χ3v) is 4.71. The second-order valence-electron chi connectivity index (χ2n) is 4.09. The normalized spacial score (nSPS) is 32.4. The third-order valence-electron chi connectivity index (χ3n) is 3.09. The molecule has 1 fully saturated rings. The zero-order chi connectivity index (χ0) is 10.7. The molecule has 1 aliphatic heterocycles. The van der Waals surface area contributed by atoms with Crippen LogP contribution in [0.4, 0.5) is 0 Å². The minimum absolute atomic E-state index is 0.268. The van der Waals surface area contributed by atoms with Crippen LogP contribution >= 0.6 is 8.58 Å². The molecule has 0 radical (unpaired) electrons. The molecule has 1 aromatic rings. The van der Waals surface area contributed by atoms with Crippen molar-refractivity contribution in [1.29, 1.82) is 5.26 Å². The summed E-state index contributed by atoms with van der Waals surface area (Å²) >= 11 is 0. The van der Waals surface area contributed by atoms with Crippen molar-refractivity contribution in [2.75, 3.05) is 6.16 Å². The number of nitriles is 1. The molecule has 1 aliphatic rings. The zero-order valence-corrected chi connectivity index (χ0v) is 9.61. The van der Waals surface area contributed by atoms with Crippen molar-refractivity contribution >= 4 is 8.58 Å². The van der Waals surface area contributed by atoms with E-state index in [1.165, 1.54) is 0 Å². The van der Waals surface area contributed by atoms with Gasteiger partial charge in [0.25, 0.3) is 0 Å². The Morgan fingerprint density at radius 2 is 2.13 bits per heavy atom. The van der Waals surface area contributed by atoms with Gasteiger partial charge >= 0.3 is 0 Å². The summed E-state index contributed by atoms with van der Waals surface area (Å²) in [7, 11) is 0.714. The molecule has 0 aliphatic carbocycles. The van der Waals surface area contributed by atoms with Crippen LogP contribution in [0, 0.1) is 11.3 Å². The molecule has 1 unspecified atom stereocenters. The van der Waals surface area contributed by atoms with Crippen molar-refractivity contribution in [3.8, 4) is 6.07 Å². The van der Waals surface area contributed by atoms with E-state index in [4.69, 9.17) is 5.73 Å². The van der Waals surface area contributed by atoms with E-state index in [1.807, 2.05) is 18.2 Å². The maximum absolute atomic E-state index is 9.39. The summed E-state index contributed by atoms with van der Waals surface area (Å²) in [5.41, 5.74) is 6.78. The van der Waals surface area contributed by atoms with Gasteiger partial charge in [0.05, 0.1) is 11.5 Å². The van der Waals surface area contributed by atoms with Gasteiger partial charge in [-0.3, -0.25) is 0 Å². The highest BCUT2D eigenvalue weighted by molar-refractivity contribution is 7.39. The summed E-state index contributed by atoms with van der Waals surface area (Å²) in [6.07, 6.45) is 2.80. The first-order chi connectivity index (χ1) is 7.27. The molecule has 0 amide bonds. The van der Waals surface area contributed by atoms with Gasteiger partial charge in [-0.05, 0) is 24.6 Å². The summed E-state index contributed by atoms with van der Waals surface area (Å²) in [5, 5.41) is 9.39. The second-order valence-corrected chi connectivity index (χ2v) is 5.59. The van der Waals surface area contributed by atoms with E-state index in [9.17, 15) is 5.26 Å². The highest BCUT2D eigenvalue weighted by atomic mass is 31.1. The molecule has 15 heavy (non-hydrogen) atoms. The topological polar surface area (TPSA) is 49.8 Å². The molecule has 0 aromatic heterocycles. The molecule has 3 atom stereocenters. The first kappa shape index (κ1) is 10.6. The lowest BCUT2D eigenvalue weighted by atomic mass is 9.79. The predicted octanol–water partition coefficient (Wildman–Crippen LogP) is 2.21. The van der Waals surface area contributed by atoms with Gasteiger partial charge in [-0.1, -0.05) is 30.3 Å². The van der Waals surface area contributed by atoms with E-state index in [0.29, 0.717) is 14.4 Å². The van der Waals surface area contributed by atoms with Crippen LogP contribution in [-0.2, 0) is 5.41 Å². The van der Waals surface area contributed by atoms with Crippen molar-refractivity contribution in [3.05, 3.63) is 35.9 Å². The Balaban J connectivity index is 2.28. The highest BCUT2D eigenvalue weighted by Crippen LogP contribution is 2.41. The Hall–Kier alpha value is -0.900. The standard InChI is InChI=1S/C12H15N2P/c13-8-12(7-6-11(14)15-9-12)10-4-2-1-3-5-10/h1-5,11,15H,6-7,9,14H2/t11-,12+/m0/s1. The lowest BCUT2D eigenvalue weighted by molar-refractivity contribution is 0.505. The van der Waals surface area contributed by atoms with E-state index in [2.05, 4.69) is 18.2 Å². The van der Waals surface area contributed by atoms with E-state index in [-0.39, 0.29) is 5.41 Å². The molecule has 78 valence electrons. The van der Waals surface area contributed by atoms with Gasteiger partial charge in [0.2, 0.25) is 0 Å². The quantitative estimate of drug-likeness (QED) is 0.734. The molecular formula is C12H15N2P. The summed E-state index contributed by atoms with van der Waals surface area (Å²) < 4.78 is 0. The van der Waals surface area contributed by atoms with Crippen LogP contribution in [0.5, 0.6) is 0 Å². The summed E-state index contributed by atoms with van der Waals surface area (Å²) in [6.45, 7) is 0. The molecule has 3 heteroatoms. The van der Waals surface area contributed by atoms with E-state index < -0.39 is 0 Å². The van der Waals surface area contributed by atoms with Crippen LogP contribution in [0.15, 0.2) is 30.3 Å². The Morgan fingerprint density at radius 1 is 1.40 bits per heavy atom. The fourth-order valence-corrected chi connectivity index (χ4v) is 3.48. The molecule has 2 N–H and O–H groups in total. The maximum Gasteiger partial charge on any atom is 0.0860 e. The second kappa shape index (κ2) is 4.31. The first-order valence-corrected chi connectivity index (χ1v) is 6.51. The maximum atomic E-state index is 9.39. The molecule has 0 bridgehead atoms. The minimum atomic E-state index is -0.268. The Morgan fingerprint density at radius 3 is 2.67 bits per heavy atom. The highest BCUT2D eigenvalue weighted by Gasteiger charge is 2.35. The van der Waals surface area contributed by atoms with Gasteiger partial charge in [-0.2, -0.15) is 5.26 Å². The predicted molar refractivity (Wildman–Crippen MR) is 64.1 cm³/mol. The number of hydrogen-bond donors (Lipinski definition) is 1. The van der Waals surface area contributed by atoms with Crippen molar-refractivity contribution in [1.82, 2.24) is 0 Å². The lowest BCUT2D eigenvalue weighted by Crippen LogP contribution is -2.35. The van der Waals surface area contributed by atoms with Crippen molar-refractivity contribution < 1.29 is 0 Å². The van der Waals surface area contributed by atoms with Gasteiger partial charge in [-0.15, -0.1) is 8.58 Å². The molecule has 0 spiro atoms. The zero-order valence-electron chi connectivity index (χ0n) is 8.61. The molecule has 1 saturated heterocycles. The fraction of sp³-hybridized carbons (Fsp3) is 0.417. The molecular weight excluding hydrogens is 203 g/mol. The van der Waals surface area contributed by atoms with Crippen molar-refractivity contribution in [3.63, 3.8) is 0 Å². The van der Waals surface area contributed by atoms with Crippen LogP contribution in [0.2, 0.25) is 0 Å². The number of rotatable bonds is 1. The van der Waals surface area contributed by atoms with Crippen LogP contribution in [0.25, 0.3) is 0 Å². The Labute approximate surface area is 92.3 Å². The summed E-state index contributed by atoms with van der Waals surface area (Å²) in [5.74, 6) is 0.315. The van der Waals surface area contributed by atoms with Gasteiger partial charge in [0.15, 0.2) is 0 Å². The number of nitrogens with zero attached hydrogens (tertiary/aromatic N) is 1. The lowest BCUT2D eigenvalue weighted by Gasteiger charge is -2.33. The van der Waals surface area contributed by atoms with Gasteiger partial charge < -0.3 is 5.73 Å². The average Bonchev–Trinajstić information content (AvgIpc) is 2.32. The monoisotopic (exact) mass is 218 g/mol. The Kier molecular flexibility index (Phi) is 3.05. The van der Waals surface area contributed by atoms with Gasteiger partial charge in [0, 0.05) is 5.78 Å². The van der Waals surface area contributed by atoms with Crippen LogP contribution < -0.4 is 5.73 Å². The summed E-state index contributed by atoms with van der Waals surface area (Å²) in [6, 6.07) is 12.6. The van der Waals surface area contributed by atoms with Crippen LogP contribution in [0.3, 0.4) is 0 Å². The molecule has 2 nitrogen and oxygen atoms in total. The van der Waals surface area contributed by atoms with E-state index >= 15 is 0 Å². The minimum Gasteiger partial charge on any atom is -0.324 e. The van der Waals surface area contributed by atoms with Gasteiger partial charge in [-0.25, -0.2) is 0 Å². The smallest absolute Gasteiger partial charge is 0.0860 e. The van der Waals surface area contributed by atoms with Crippen molar-refractivity contribution in [2.45, 2.75) is 24.0 Å². The molecule has 1 aromatic carbocycles. The molecule has 2 rings (SSSR count). The number of hydrogen-bond acceptors (Lipinski definition) is 2. The van der Waals surface area contributed by atoms with Crippen LogP contribution in [-0.4, -0.2) is 11.9 Å². The fourth-order valence-electron chi connectivity index (χ4n) is 2.06. The van der Waals surface area contributed by atoms with Crippen molar-refractivity contribution in [2.24, 2.45) is 5.73 Å². The molecule has 1 heterocycles. The van der Waals surface area contributed by atoms with E-state index in [1.54, 1.807) is 0 Å². The van der Waals surface area contributed by atoms with E-state index in [0.717, 1.165) is 24.6 Å². The average molecular weight is 218 g/mol. The third kappa shape index (κ3) is 2.04. The SMILES string of the molecule is N#C[C@]1(c2ccccc2)CC[C@@H](N)PC1. The number of benzene rings is 1. The van der Waals surface area contributed by atoms with Gasteiger partial charge in [0.1, 0.15) is 0 Å². The molecule has 0 saturated carbocycles. The Bertz CT molecular complexity index is 361. The summed E-state index contributed by atoms with van der Waals surface area (Å²) in [4.78, 5) is 0.